The van der Waals surface area contributed by atoms with E-state index in [1.165, 1.54) is 5.56 Å². The van der Waals surface area contributed by atoms with Crippen LogP contribution in [0.5, 0.6) is 0 Å². The minimum Gasteiger partial charge on any atom is -0.249 e. The Hall–Kier alpha value is -0.0800. The van der Waals surface area contributed by atoms with Crippen LogP contribution in [-0.4, -0.2) is 4.98 Å². The van der Waals surface area contributed by atoms with Crippen molar-refractivity contribution in [2.75, 3.05) is 0 Å². The van der Waals surface area contributed by atoms with Gasteiger partial charge in [0.15, 0.2) is 0 Å². The molecule has 11 heavy (non-hydrogen) atoms. The minimum absolute atomic E-state index is 0.482. The first-order valence-electron chi connectivity index (χ1n) is 3.40. The molecule has 3 heteroatoms. The number of pyridine rings is 1. The molecular weight excluding hydrogens is 225 g/mol. The topological polar surface area (TPSA) is 12.9 Å². The van der Waals surface area contributed by atoms with Gasteiger partial charge < -0.3 is 0 Å². The lowest BCUT2D eigenvalue weighted by molar-refractivity contribution is 1.12. The van der Waals surface area contributed by atoms with E-state index in [9.17, 15) is 0 Å². The van der Waals surface area contributed by atoms with Crippen molar-refractivity contribution in [1.82, 2.24) is 4.98 Å². The van der Waals surface area contributed by atoms with E-state index in [4.69, 9.17) is 11.6 Å². The Bertz CT molecular complexity index is 277. The van der Waals surface area contributed by atoms with E-state index in [0.29, 0.717) is 5.92 Å². The van der Waals surface area contributed by atoms with Gasteiger partial charge in [-0.3, -0.25) is 0 Å². The SMILES string of the molecule is Cl[C]1CC1c1ccnc(Br)c1. The Morgan fingerprint density at radius 1 is 1.64 bits per heavy atom. The molecule has 0 amide bonds. The van der Waals surface area contributed by atoms with Gasteiger partial charge in [0, 0.05) is 12.1 Å². The van der Waals surface area contributed by atoms with E-state index < -0.39 is 0 Å². The van der Waals surface area contributed by atoms with Crippen LogP contribution in [0.1, 0.15) is 17.9 Å². The zero-order valence-electron chi connectivity index (χ0n) is 5.72. The van der Waals surface area contributed by atoms with Crippen LogP contribution in [0.25, 0.3) is 0 Å². The number of halogens is 2. The van der Waals surface area contributed by atoms with Crippen molar-refractivity contribution in [2.45, 2.75) is 12.3 Å². The summed E-state index contributed by atoms with van der Waals surface area (Å²) in [6, 6.07) is 4.02. The smallest absolute Gasteiger partial charge is 0.106 e. The van der Waals surface area contributed by atoms with Gasteiger partial charge in [0.05, 0.1) is 5.38 Å². The highest BCUT2D eigenvalue weighted by Gasteiger charge is 2.37. The molecule has 0 N–H and O–H groups in total. The molecule has 1 aliphatic rings. The third kappa shape index (κ3) is 1.57. The lowest BCUT2D eigenvalue weighted by Gasteiger charge is -1.96. The van der Waals surface area contributed by atoms with E-state index >= 15 is 0 Å². The summed E-state index contributed by atoms with van der Waals surface area (Å²) in [5.41, 5.74) is 1.26. The molecule has 1 fully saturated rings. The fraction of sp³-hybridized carbons (Fsp3) is 0.250. The van der Waals surface area contributed by atoms with E-state index in [2.05, 4.69) is 20.9 Å². The molecule has 2 rings (SSSR count). The predicted molar refractivity (Wildman–Crippen MR) is 48.4 cm³/mol. The highest BCUT2D eigenvalue weighted by atomic mass is 79.9. The van der Waals surface area contributed by atoms with Crippen LogP contribution in [0.3, 0.4) is 0 Å². The molecule has 57 valence electrons. The second kappa shape index (κ2) is 2.76. The van der Waals surface area contributed by atoms with E-state index in [1.54, 1.807) is 6.20 Å². The summed E-state index contributed by atoms with van der Waals surface area (Å²) in [5, 5.41) is 1.06. The Morgan fingerprint density at radius 3 is 2.91 bits per heavy atom. The molecule has 1 saturated carbocycles. The monoisotopic (exact) mass is 230 g/mol. The standard InChI is InChI=1S/C8H6BrClN/c9-8-3-5(1-2-11-8)6-4-7(6)10/h1-3,6H,4H2. The highest BCUT2D eigenvalue weighted by molar-refractivity contribution is 9.10. The first kappa shape index (κ1) is 7.56. The molecule has 0 bridgehead atoms. The Labute approximate surface area is 78.9 Å². The van der Waals surface area contributed by atoms with Crippen LogP contribution < -0.4 is 0 Å². The number of hydrogen-bond donors (Lipinski definition) is 0. The summed E-state index contributed by atoms with van der Waals surface area (Å²) >= 11 is 9.13. The zero-order chi connectivity index (χ0) is 7.84. The fourth-order valence-corrected chi connectivity index (χ4v) is 1.73. The van der Waals surface area contributed by atoms with Crippen LogP contribution in [-0.2, 0) is 0 Å². The minimum atomic E-state index is 0.482. The van der Waals surface area contributed by atoms with Gasteiger partial charge in [-0.15, -0.1) is 11.6 Å². The van der Waals surface area contributed by atoms with Gasteiger partial charge in [-0.2, -0.15) is 0 Å². The van der Waals surface area contributed by atoms with Crippen LogP contribution in [0.15, 0.2) is 22.9 Å². The number of hydrogen-bond acceptors (Lipinski definition) is 1. The van der Waals surface area contributed by atoms with Gasteiger partial charge in [-0.25, -0.2) is 4.98 Å². The molecule has 0 aliphatic heterocycles. The van der Waals surface area contributed by atoms with Crippen molar-refractivity contribution in [3.8, 4) is 0 Å². The van der Waals surface area contributed by atoms with Crippen LogP contribution in [0, 0.1) is 5.38 Å². The number of aromatic nitrogens is 1. The number of nitrogens with zero attached hydrogens (tertiary/aromatic N) is 1. The first-order valence-corrected chi connectivity index (χ1v) is 4.57. The van der Waals surface area contributed by atoms with Crippen LogP contribution in [0.2, 0.25) is 0 Å². The lowest BCUT2D eigenvalue weighted by atomic mass is 10.2. The van der Waals surface area contributed by atoms with Crippen LogP contribution in [0.4, 0.5) is 0 Å². The summed E-state index contributed by atoms with van der Waals surface area (Å²) in [4.78, 5) is 4.04. The Balaban J connectivity index is 2.25. The van der Waals surface area contributed by atoms with Gasteiger partial charge in [0.2, 0.25) is 0 Å². The fourth-order valence-electron chi connectivity index (χ4n) is 1.07. The van der Waals surface area contributed by atoms with Gasteiger partial charge in [-0.1, -0.05) is 0 Å². The molecule has 1 heterocycles. The molecule has 0 spiro atoms. The van der Waals surface area contributed by atoms with Crippen molar-refractivity contribution in [2.24, 2.45) is 0 Å². The molecule has 1 radical (unpaired) electrons. The zero-order valence-corrected chi connectivity index (χ0v) is 8.06. The quantitative estimate of drug-likeness (QED) is 0.677. The first-order chi connectivity index (χ1) is 5.27. The lowest BCUT2D eigenvalue weighted by Crippen LogP contribution is -1.81. The average Bonchev–Trinajstić information content (AvgIpc) is 2.67. The summed E-state index contributed by atoms with van der Waals surface area (Å²) in [6.45, 7) is 0. The van der Waals surface area contributed by atoms with Gasteiger partial charge in [0.1, 0.15) is 4.60 Å². The normalized spacial score (nSPS) is 23.6. The number of rotatable bonds is 1. The summed E-state index contributed by atoms with van der Waals surface area (Å²) < 4.78 is 0.881. The van der Waals surface area contributed by atoms with Gasteiger partial charge in [-0.05, 0) is 40.0 Å². The molecule has 1 nitrogen and oxygen atoms in total. The Kier molecular flexibility index (Phi) is 1.90. The predicted octanol–water partition coefficient (Wildman–Crippen LogP) is 3.10. The third-order valence-corrected chi connectivity index (χ3v) is 2.62. The van der Waals surface area contributed by atoms with Crippen molar-refractivity contribution < 1.29 is 0 Å². The summed E-state index contributed by atoms with van der Waals surface area (Å²) in [6.07, 6.45) is 2.82. The van der Waals surface area contributed by atoms with Crippen molar-refractivity contribution in [1.29, 1.82) is 0 Å². The van der Waals surface area contributed by atoms with E-state index in [0.717, 1.165) is 16.4 Å². The summed E-state index contributed by atoms with van der Waals surface area (Å²) in [7, 11) is 0. The summed E-state index contributed by atoms with van der Waals surface area (Å²) in [5.74, 6) is 0.482. The molecular formula is C8H6BrClN. The third-order valence-electron chi connectivity index (χ3n) is 1.77. The van der Waals surface area contributed by atoms with Gasteiger partial charge in [0.25, 0.3) is 0 Å². The molecule has 1 unspecified atom stereocenters. The molecule has 1 aromatic heterocycles. The second-order valence-corrected chi connectivity index (χ2v) is 3.91. The highest BCUT2D eigenvalue weighted by Crippen LogP contribution is 2.52. The largest absolute Gasteiger partial charge is 0.249 e. The van der Waals surface area contributed by atoms with E-state index in [1.807, 2.05) is 12.1 Å². The molecule has 1 aromatic rings. The Morgan fingerprint density at radius 2 is 2.36 bits per heavy atom. The molecule has 1 atom stereocenters. The van der Waals surface area contributed by atoms with Gasteiger partial charge >= 0.3 is 0 Å². The van der Waals surface area contributed by atoms with Crippen molar-refractivity contribution >= 4 is 27.5 Å². The molecule has 1 aliphatic carbocycles. The van der Waals surface area contributed by atoms with Crippen LogP contribution >= 0.6 is 27.5 Å². The maximum Gasteiger partial charge on any atom is 0.106 e. The van der Waals surface area contributed by atoms with E-state index in [-0.39, 0.29) is 0 Å². The maximum absolute atomic E-state index is 5.82. The second-order valence-electron chi connectivity index (χ2n) is 2.62. The average molecular weight is 231 g/mol. The maximum atomic E-state index is 5.82. The van der Waals surface area contributed by atoms with Crippen molar-refractivity contribution in [3.05, 3.63) is 33.9 Å². The van der Waals surface area contributed by atoms with Crippen molar-refractivity contribution in [3.63, 3.8) is 0 Å². The molecule has 0 aromatic carbocycles. The molecule has 0 saturated heterocycles.